The Morgan fingerprint density at radius 2 is 1.93 bits per heavy atom. The zero-order chi connectivity index (χ0) is 19.1. The van der Waals surface area contributed by atoms with Crippen LogP contribution in [0.25, 0.3) is 11.4 Å². The molecular formula is C21H20N4O2S. The maximum absolute atomic E-state index is 12.7. The van der Waals surface area contributed by atoms with Crippen molar-refractivity contribution < 1.29 is 4.79 Å². The van der Waals surface area contributed by atoms with E-state index in [0.717, 1.165) is 42.5 Å². The summed E-state index contributed by atoms with van der Waals surface area (Å²) in [4.78, 5) is 39.2. The molecule has 1 aliphatic carbocycles. The Bertz CT molecular complexity index is 1070. The lowest BCUT2D eigenvalue weighted by Crippen LogP contribution is -2.45. The molecule has 0 radical (unpaired) electrons. The van der Waals surface area contributed by atoms with Gasteiger partial charge in [0.05, 0.1) is 11.2 Å². The Labute approximate surface area is 166 Å². The fourth-order valence-corrected chi connectivity index (χ4v) is 5.01. The summed E-state index contributed by atoms with van der Waals surface area (Å²) in [5.41, 5.74) is 4.75. The number of hydrogen-bond donors (Lipinski definition) is 1. The molecule has 2 aromatic heterocycles. The third-order valence-electron chi connectivity index (χ3n) is 6.08. The fraction of sp³-hybridized carbons (Fsp3) is 0.333. The molecule has 142 valence electrons. The maximum atomic E-state index is 12.7. The summed E-state index contributed by atoms with van der Waals surface area (Å²) in [7, 11) is 0. The topological polar surface area (TPSA) is 79.0 Å². The van der Waals surface area contributed by atoms with Gasteiger partial charge >= 0.3 is 0 Å². The Morgan fingerprint density at radius 1 is 1.14 bits per heavy atom. The molecule has 6 nitrogen and oxygen atoms in total. The highest BCUT2D eigenvalue weighted by Crippen LogP contribution is 2.44. The second-order valence-corrected chi connectivity index (χ2v) is 8.27. The van der Waals surface area contributed by atoms with Crippen molar-refractivity contribution in [2.45, 2.75) is 31.1 Å². The van der Waals surface area contributed by atoms with Gasteiger partial charge in [-0.25, -0.2) is 9.97 Å². The number of aromatic amines is 1. The molecule has 5 rings (SSSR count). The summed E-state index contributed by atoms with van der Waals surface area (Å²) in [5.74, 6) is 0.629. The van der Waals surface area contributed by atoms with Crippen molar-refractivity contribution in [3.8, 4) is 11.4 Å². The quantitative estimate of drug-likeness (QED) is 0.727. The van der Waals surface area contributed by atoms with E-state index in [9.17, 15) is 9.59 Å². The molecule has 0 atom stereocenters. The maximum Gasteiger partial charge on any atom is 0.273 e. The largest absolute Gasteiger partial charge is 0.337 e. The second kappa shape index (κ2) is 6.67. The van der Waals surface area contributed by atoms with Crippen LogP contribution in [0.15, 0.2) is 46.0 Å². The van der Waals surface area contributed by atoms with Gasteiger partial charge in [-0.15, -0.1) is 11.3 Å². The summed E-state index contributed by atoms with van der Waals surface area (Å²) in [5, 5.41) is 1.80. The van der Waals surface area contributed by atoms with Gasteiger partial charge in [0.15, 0.2) is 0 Å². The molecule has 0 unspecified atom stereocenters. The summed E-state index contributed by atoms with van der Waals surface area (Å²) >= 11 is 1.44. The zero-order valence-corrected chi connectivity index (χ0v) is 16.2. The third-order valence-corrected chi connectivity index (χ3v) is 6.66. The summed E-state index contributed by atoms with van der Waals surface area (Å²) in [6.07, 6.45) is 3.35. The van der Waals surface area contributed by atoms with Gasteiger partial charge in [-0.1, -0.05) is 30.3 Å². The van der Waals surface area contributed by atoms with Gasteiger partial charge in [0.25, 0.3) is 11.5 Å². The first-order valence-electron chi connectivity index (χ1n) is 9.53. The van der Waals surface area contributed by atoms with Crippen LogP contribution in [-0.4, -0.2) is 38.8 Å². The zero-order valence-electron chi connectivity index (χ0n) is 15.4. The molecule has 0 saturated carbocycles. The number of hydrogen-bond acceptors (Lipinski definition) is 5. The van der Waals surface area contributed by atoms with Gasteiger partial charge in [0.1, 0.15) is 11.5 Å². The average Bonchev–Trinajstić information content (AvgIpc) is 3.38. The SMILES string of the molecule is O=C(c1cscn1)N1CCC2(CCc3c2nc(-c2ccccc2)[nH]c3=O)CC1. The molecule has 1 fully saturated rings. The van der Waals surface area contributed by atoms with Gasteiger partial charge in [-0.2, -0.15) is 0 Å². The molecule has 1 aromatic carbocycles. The van der Waals surface area contributed by atoms with Gasteiger partial charge in [0.2, 0.25) is 0 Å². The minimum atomic E-state index is -0.105. The molecule has 7 heteroatoms. The van der Waals surface area contributed by atoms with Crippen molar-refractivity contribution in [2.75, 3.05) is 13.1 Å². The number of rotatable bonds is 2. The van der Waals surface area contributed by atoms with Gasteiger partial charge in [-0.3, -0.25) is 9.59 Å². The van der Waals surface area contributed by atoms with Crippen LogP contribution < -0.4 is 5.56 Å². The van der Waals surface area contributed by atoms with Crippen molar-refractivity contribution in [1.29, 1.82) is 0 Å². The molecule has 1 spiro atoms. The number of carbonyl (C=O) groups is 1. The standard InChI is InChI=1S/C21H20N4O2S/c26-19-15-6-7-21(17(15)23-18(24-19)14-4-2-1-3-5-14)8-10-25(11-9-21)20(27)16-12-28-13-22-16/h1-5,12-13H,6-11H2,(H,23,24,26). The fourth-order valence-electron chi connectivity index (χ4n) is 4.49. The highest BCUT2D eigenvalue weighted by molar-refractivity contribution is 7.07. The molecule has 1 N–H and O–H groups in total. The molecule has 0 bridgehead atoms. The molecule has 1 amide bonds. The first kappa shape index (κ1) is 17.3. The number of carbonyl (C=O) groups excluding carboxylic acids is 1. The Morgan fingerprint density at radius 3 is 2.64 bits per heavy atom. The number of H-pyrrole nitrogens is 1. The average molecular weight is 392 g/mol. The number of thiazole rings is 1. The summed E-state index contributed by atoms with van der Waals surface area (Å²) in [6, 6.07) is 9.76. The van der Waals surface area contributed by atoms with E-state index >= 15 is 0 Å². The van der Waals surface area contributed by atoms with E-state index in [0.29, 0.717) is 24.6 Å². The molecule has 2 aliphatic rings. The highest BCUT2D eigenvalue weighted by Gasteiger charge is 2.44. The summed E-state index contributed by atoms with van der Waals surface area (Å²) in [6.45, 7) is 1.34. The Hall–Kier alpha value is -2.80. The van der Waals surface area contributed by atoms with Crippen LogP contribution in [0, 0.1) is 0 Å². The molecule has 1 saturated heterocycles. The normalized spacial score (nSPS) is 17.6. The second-order valence-electron chi connectivity index (χ2n) is 7.55. The van der Waals surface area contributed by atoms with E-state index < -0.39 is 0 Å². The van der Waals surface area contributed by atoms with Crippen LogP contribution in [0.4, 0.5) is 0 Å². The summed E-state index contributed by atoms with van der Waals surface area (Å²) < 4.78 is 0. The number of nitrogens with one attached hydrogen (secondary N) is 1. The molecule has 28 heavy (non-hydrogen) atoms. The van der Waals surface area contributed by atoms with Crippen molar-refractivity contribution in [3.05, 3.63) is 68.5 Å². The lowest BCUT2D eigenvalue weighted by atomic mass is 9.76. The van der Waals surface area contributed by atoms with Crippen LogP contribution in [0.5, 0.6) is 0 Å². The molecule has 3 aromatic rings. The monoisotopic (exact) mass is 392 g/mol. The van der Waals surface area contributed by atoms with Crippen LogP contribution in [-0.2, 0) is 11.8 Å². The number of fused-ring (bicyclic) bond motifs is 2. The van der Waals surface area contributed by atoms with E-state index in [4.69, 9.17) is 4.98 Å². The lowest BCUT2D eigenvalue weighted by molar-refractivity contribution is 0.0658. The first-order valence-corrected chi connectivity index (χ1v) is 10.5. The predicted molar refractivity (Wildman–Crippen MR) is 108 cm³/mol. The van der Waals surface area contributed by atoms with Gasteiger partial charge < -0.3 is 9.88 Å². The van der Waals surface area contributed by atoms with Crippen LogP contribution >= 0.6 is 11.3 Å². The van der Waals surface area contributed by atoms with E-state index in [1.165, 1.54) is 11.3 Å². The van der Waals surface area contributed by atoms with E-state index in [1.807, 2.05) is 35.2 Å². The third kappa shape index (κ3) is 2.77. The minimum Gasteiger partial charge on any atom is -0.337 e. The number of likely N-dealkylation sites (tertiary alicyclic amines) is 1. The minimum absolute atomic E-state index is 0.00170. The van der Waals surface area contributed by atoms with Crippen molar-refractivity contribution in [2.24, 2.45) is 0 Å². The predicted octanol–water partition coefficient (Wildman–Crippen LogP) is 3.01. The Kier molecular flexibility index (Phi) is 4.12. The molecular weight excluding hydrogens is 372 g/mol. The molecule has 1 aliphatic heterocycles. The number of aromatic nitrogens is 3. The van der Waals surface area contributed by atoms with Crippen LogP contribution in [0.2, 0.25) is 0 Å². The van der Waals surface area contributed by atoms with E-state index in [-0.39, 0.29) is 16.9 Å². The number of benzene rings is 1. The lowest BCUT2D eigenvalue weighted by Gasteiger charge is -2.39. The number of amides is 1. The van der Waals surface area contributed by atoms with E-state index in [2.05, 4.69) is 9.97 Å². The van der Waals surface area contributed by atoms with Crippen LogP contribution in [0.3, 0.4) is 0 Å². The number of piperidine rings is 1. The van der Waals surface area contributed by atoms with Crippen LogP contribution in [0.1, 0.15) is 41.0 Å². The molecule has 3 heterocycles. The van der Waals surface area contributed by atoms with Gasteiger partial charge in [0, 0.05) is 35.0 Å². The van der Waals surface area contributed by atoms with Crippen molar-refractivity contribution in [1.82, 2.24) is 19.9 Å². The smallest absolute Gasteiger partial charge is 0.273 e. The van der Waals surface area contributed by atoms with Gasteiger partial charge in [-0.05, 0) is 25.7 Å². The number of nitrogens with zero attached hydrogens (tertiary/aromatic N) is 3. The van der Waals surface area contributed by atoms with Crippen molar-refractivity contribution in [3.63, 3.8) is 0 Å². The van der Waals surface area contributed by atoms with E-state index in [1.54, 1.807) is 10.9 Å². The van der Waals surface area contributed by atoms with Crippen molar-refractivity contribution >= 4 is 17.2 Å². The Balaban J connectivity index is 1.44. The highest BCUT2D eigenvalue weighted by atomic mass is 32.1. The first-order chi connectivity index (χ1) is 13.7.